The van der Waals surface area contributed by atoms with Crippen LogP contribution in [-0.2, 0) is 0 Å². The van der Waals surface area contributed by atoms with Gasteiger partial charge < -0.3 is 0 Å². The van der Waals surface area contributed by atoms with Gasteiger partial charge in [0.1, 0.15) is 0 Å². The van der Waals surface area contributed by atoms with Crippen LogP contribution in [-0.4, -0.2) is 0 Å². The molecule has 0 amide bonds. The van der Waals surface area contributed by atoms with Crippen LogP contribution >= 0.6 is 0 Å². The fraction of sp³-hybridized carbons (Fsp3) is 0.200. The van der Waals surface area contributed by atoms with Gasteiger partial charge in [-0.15, -0.1) is 12.3 Å². The molecule has 0 unspecified atom stereocenters. The predicted octanol–water partition coefficient (Wildman–Crippen LogP) is 2.45. The molecule has 0 saturated heterocycles. The maximum absolute atomic E-state index is 5.16. The first-order chi connectivity index (χ1) is 4.84. The molecule has 1 aliphatic carbocycles. The van der Waals surface area contributed by atoms with Gasteiger partial charge in [0.25, 0.3) is 0 Å². The summed E-state index contributed by atoms with van der Waals surface area (Å²) in [4.78, 5) is 0. The molecule has 0 aromatic heterocycles. The molecule has 0 N–H and O–H groups in total. The summed E-state index contributed by atoms with van der Waals surface area (Å²) < 4.78 is 0. The van der Waals surface area contributed by atoms with Gasteiger partial charge in [0, 0.05) is 6.42 Å². The summed E-state index contributed by atoms with van der Waals surface area (Å²) in [5.74, 6) is 2.62. The zero-order chi connectivity index (χ0) is 7.40. The van der Waals surface area contributed by atoms with Gasteiger partial charge in [-0.1, -0.05) is 29.9 Å². The van der Waals surface area contributed by atoms with Gasteiger partial charge in [0.2, 0.25) is 0 Å². The van der Waals surface area contributed by atoms with E-state index in [2.05, 4.69) is 25.0 Å². The molecule has 10 heavy (non-hydrogen) atoms. The highest BCUT2D eigenvalue weighted by molar-refractivity contribution is 5.43. The summed E-state index contributed by atoms with van der Waals surface area (Å²) in [7, 11) is 0. The molecule has 0 nitrogen and oxygen atoms in total. The first-order valence-electron chi connectivity index (χ1n) is 3.32. The minimum atomic E-state index is 0.754. The Morgan fingerprint density at radius 1 is 1.50 bits per heavy atom. The van der Waals surface area contributed by atoms with Gasteiger partial charge in [0.15, 0.2) is 0 Å². The van der Waals surface area contributed by atoms with Gasteiger partial charge in [-0.3, -0.25) is 0 Å². The normalized spacial score (nSPS) is 13.8. The SMILES string of the molecule is C#CCC(C)=C1C=CC=C1. The molecular weight excluding hydrogens is 120 g/mol. The molecule has 0 aliphatic heterocycles. The van der Waals surface area contributed by atoms with Crippen molar-refractivity contribution in [3.8, 4) is 12.3 Å². The summed E-state index contributed by atoms with van der Waals surface area (Å²) in [5, 5.41) is 0. The molecule has 0 atom stereocenters. The molecule has 0 aromatic carbocycles. The number of terminal acetylenes is 1. The topological polar surface area (TPSA) is 0 Å². The van der Waals surface area contributed by atoms with Gasteiger partial charge >= 0.3 is 0 Å². The second-order valence-corrected chi connectivity index (χ2v) is 2.33. The highest BCUT2D eigenvalue weighted by Crippen LogP contribution is 2.14. The fourth-order valence-corrected chi connectivity index (χ4v) is 0.914. The molecule has 0 fully saturated rings. The van der Waals surface area contributed by atoms with Gasteiger partial charge in [0.05, 0.1) is 0 Å². The Labute approximate surface area is 61.9 Å². The summed E-state index contributed by atoms with van der Waals surface area (Å²) in [6, 6.07) is 0. The van der Waals surface area contributed by atoms with Crippen LogP contribution in [0.5, 0.6) is 0 Å². The summed E-state index contributed by atoms with van der Waals surface area (Å²) >= 11 is 0. The molecule has 50 valence electrons. The van der Waals surface area contributed by atoms with Gasteiger partial charge in [-0.25, -0.2) is 0 Å². The Balaban J connectivity index is 2.77. The van der Waals surface area contributed by atoms with Crippen molar-refractivity contribution >= 4 is 0 Å². The van der Waals surface area contributed by atoms with E-state index in [1.54, 1.807) is 0 Å². The Morgan fingerprint density at radius 2 is 2.10 bits per heavy atom. The Bertz CT molecular complexity index is 230. The van der Waals surface area contributed by atoms with Crippen molar-refractivity contribution in [3.05, 3.63) is 35.5 Å². The Morgan fingerprint density at radius 3 is 2.60 bits per heavy atom. The quantitative estimate of drug-likeness (QED) is 0.478. The molecule has 1 rings (SSSR count). The number of rotatable bonds is 1. The Kier molecular flexibility index (Phi) is 2.12. The number of allylic oxidation sites excluding steroid dienone is 6. The molecule has 0 spiro atoms. The molecule has 0 bridgehead atoms. The lowest BCUT2D eigenvalue weighted by Crippen LogP contribution is -1.77. The van der Waals surface area contributed by atoms with E-state index < -0.39 is 0 Å². The highest BCUT2D eigenvalue weighted by atomic mass is 14.0. The zero-order valence-corrected chi connectivity index (χ0v) is 6.09. The van der Waals surface area contributed by atoms with Crippen LogP contribution < -0.4 is 0 Å². The van der Waals surface area contributed by atoms with Crippen molar-refractivity contribution in [1.29, 1.82) is 0 Å². The zero-order valence-electron chi connectivity index (χ0n) is 6.09. The number of hydrogen-bond donors (Lipinski definition) is 0. The van der Waals surface area contributed by atoms with E-state index in [9.17, 15) is 0 Å². The first-order valence-corrected chi connectivity index (χ1v) is 3.32. The largest absolute Gasteiger partial charge is 0.120 e. The molecule has 0 radical (unpaired) electrons. The molecule has 0 heteroatoms. The van der Waals surface area contributed by atoms with E-state index in [0.717, 1.165) is 6.42 Å². The van der Waals surface area contributed by atoms with Crippen molar-refractivity contribution in [3.63, 3.8) is 0 Å². The van der Waals surface area contributed by atoms with Crippen LogP contribution in [0.2, 0.25) is 0 Å². The molecule has 0 aromatic rings. The molecule has 0 saturated carbocycles. The molecule has 0 heterocycles. The summed E-state index contributed by atoms with van der Waals surface area (Å²) in [5.41, 5.74) is 2.53. The van der Waals surface area contributed by atoms with Crippen molar-refractivity contribution < 1.29 is 0 Å². The van der Waals surface area contributed by atoms with Crippen molar-refractivity contribution in [1.82, 2.24) is 0 Å². The van der Waals surface area contributed by atoms with Crippen molar-refractivity contribution in [2.45, 2.75) is 13.3 Å². The van der Waals surface area contributed by atoms with Gasteiger partial charge in [-0.2, -0.15) is 0 Å². The summed E-state index contributed by atoms with van der Waals surface area (Å²) in [6.07, 6.45) is 14.1. The van der Waals surface area contributed by atoms with Crippen LogP contribution in [0.1, 0.15) is 13.3 Å². The van der Waals surface area contributed by atoms with E-state index in [1.807, 2.05) is 12.2 Å². The third-order valence-electron chi connectivity index (χ3n) is 1.52. The van der Waals surface area contributed by atoms with E-state index in [1.165, 1.54) is 11.1 Å². The predicted molar refractivity (Wildman–Crippen MR) is 44.4 cm³/mol. The van der Waals surface area contributed by atoms with Crippen LogP contribution in [0, 0.1) is 12.3 Å². The van der Waals surface area contributed by atoms with Gasteiger partial charge in [-0.05, 0) is 12.5 Å². The van der Waals surface area contributed by atoms with Crippen molar-refractivity contribution in [2.24, 2.45) is 0 Å². The lowest BCUT2D eigenvalue weighted by Gasteiger charge is -1.95. The minimum Gasteiger partial charge on any atom is -0.120 e. The van der Waals surface area contributed by atoms with Crippen LogP contribution in [0.25, 0.3) is 0 Å². The average molecular weight is 130 g/mol. The average Bonchev–Trinajstić information content (AvgIpc) is 2.38. The van der Waals surface area contributed by atoms with E-state index in [-0.39, 0.29) is 0 Å². The van der Waals surface area contributed by atoms with E-state index >= 15 is 0 Å². The minimum absolute atomic E-state index is 0.754. The Hall–Kier alpha value is -1.22. The monoisotopic (exact) mass is 130 g/mol. The maximum Gasteiger partial charge on any atom is 0.0302 e. The molecular formula is C10H10. The van der Waals surface area contributed by atoms with E-state index in [0.29, 0.717) is 0 Å². The van der Waals surface area contributed by atoms with Crippen LogP contribution in [0.15, 0.2) is 35.5 Å². The number of hydrogen-bond acceptors (Lipinski definition) is 0. The smallest absolute Gasteiger partial charge is 0.0302 e. The third kappa shape index (κ3) is 1.39. The van der Waals surface area contributed by atoms with Crippen molar-refractivity contribution in [2.75, 3.05) is 0 Å². The summed E-state index contributed by atoms with van der Waals surface area (Å²) in [6.45, 7) is 2.06. The third-order valence-corrected chi connectivity index (χ3v) is 1.52. The van der Waals surface area contributed by atoms with Crippen LogP contribution in [0.3, 0.4) is 0 Å². The second-order valence-electron chi connectivity index (χ2n) is 2.33. The maximum atomic E-state index is 5.16. The molecule has 1 aliphatic rings. The lowest BCUT2D eigenvalue weighted by molar-refractivity contribution is 1.23. The van der Waals surface area contributed by atoms with Crippen LogP contribution in [0.4, 0.5) is 0 Å². The fourth-order valence-electron chi connectivity index (χ4n) is 0.914. The lowest BCUT2D eigenvalue weighted by atomic mass is 10.1. The highest BCUT2D eigenvalue weighted by Gasteiger charge is 1.95. The standard InChI is InChI=1S/C10H10/c1-3-6-9(2)10-7-4-5-8-10/h1,4-5,7-8H,6H2,2H3. The van der Waals surface area contributed by atoms with E-state index in [4.69, 9.17) is 6.42 Å². The first kappa shape index (κ1) is 6.89. The second kappa shape index (κ2) is 3.08.